The highest BCUT2D eigenvalue weighted by molar-refractivity contribution is 7.80. The molecule has 0 spiro atoms. The van der Waals surface area contributed by atoms with Crippen molar-refractivity contribution in [1.82, 2.24) is 0 Å². The first-order valence-corrected chi connectivity index (χ1v) is 16.6. The van der Waals surface area contributed by atoms with E-state index in [0.29, 0.717) is 5.41 Å². The van der Waals surface area contributed by atoms with Crippen LogP contribution in [0.1, 0.15) is 163 Å². The first kappa shape index (κ1) is 30.6. The van der Waals surface area contributed by atoms with Gasteiger partial charge in [0.25, 0.3) is 0 Å². The molecule has 7 atom stereocenters. The summed E-state index contributed by atoms with van der Waals surface area (Å²) < 4.78 is 0. The van der Waals surface area contributed by atoms with Crippen LogP contribution in [0.15, 0.2) is 0 Å². The van der Waals surface area contributed by atoms with Crippen molar-refractivity contribution in [3.05, 3.63) is 0 Å². The summed E-state index contributed by atoms with van der Waals surface area (Å²) in [6, 6.07) is 0. The van der Waals surface area contributed by atoms with Crippen LogP contribution in [0, 0.1) is 40.9 Å². The Morgan fingerprint density at radius 2 is 1.00 bits per heavy atom. The molecule has 202 valence electrons. The summed E-state index contributed by atoms with van der Waals surface area (Å²) in [5, 5.41) is 0. The predicted octanol–water partition coefficient (Wildman–Crippen LogP) is 11.5. The smallest absolute Gasteiger partial charge is 0.00385 e. The van der Waals surface area contributed by atoms with E-state index >= 15 is 0 Å². The molecule has 0 heterocycles. The van der Waals surface area contributed by atoms with E-state index in [0.717, 1.165) is 41.3 Å². The standard InChI is InChI=1S/C33H64S/c1-27-19-15-11-9-7-6-8-10-12-17-21-28(2)29(3)23-24-31-25-32(22-18-14-13-16-20-27)33(5,26-34)30(31)4/h27-32,34H,6-26H2,1-5H3. The molecule has 0 aromatic rings. The molecule has 7 unspecified atom stereocenters. The van der Waals surface area contributed by atoms with Crippen LogP contribution in [0.2, 0.25) is 0 Å². The predicted molar refractivity (Wildman–Crippen MR) is 158 cm³/mol. The minimum absolute atomic E-state index is 0.460. The van der Waals surface area contributed by atoms with Crippen LogP contribution < -0.4 is 0 Å². The van der Waals surface area contributed by atoms with Crippen LogP contribution in [0.3, 0.4) is 0 Å². The SMILES string of the molecule is CC1CCCCCCCCCCCC(C)C(C)CCC2CC(CCCCCC1)C(C)(CS)C2C. The highest BCUT2D eigenvalue weighted by atomic mass is 32.1. The lowest BCUT2D eigenvalue weighted by atomic mass is 9.72. The number of hydrogen-bond donors (Lipinski definition) is 1. The van der Waals surface area contributed by atoms with Crippen LogP contribution >= 0.6 is 12.6 Å². The third-order valence-corrected chi connectivity index (χ3v) is 11.6. The molecule has 2 saturated carbocycles. The summed E-state index contributed by atoms with van der Waals surface area (Å²) in [6.45, 7) is 12.7. The van der Waals surface area contributed by atoms with Gasteiger partial charge in [-0.05, 0) is 65.9 Å². The summed E-state index contributed by atoms with van der Waals surface area (Å²) in [7, 11) is 0. The van der Waals surface area contributed by atoms with Crippen LogP contribution in [0.4, 0.5) is 0 Å². The molecular weight excluding hydrogens is 428 g/mol. The van der Waals surface area contributed by atoms with Crippen molar-refractivity contribution in [3.63, 3.8) is 0 Å². The van der Waals surface area contributed by atoms with Crippen LogP contribution in [-0.4, -0.2) is 5.75 Å². The summed E-state index contributed by atoms with van der Waals surface area (Å²) >= 11 is 4.90. The Labute approximate surface area is 222 Å². The maximum Gasteiger partial charge on any atom is -0.00385 e. The molecular formula is C33H64S. The molecule has 0 aromatic heterocycles. The van der Waals surface area contributed by atoms with Crippen molar-refractivity contribution in [2.45, 2.75) is 163 Å². The van der Waals surface area contributed by atoms with E-state index in [-0.39, 0.29) is 0 Å². The van der Waals surface area contributed by atoms with Gasteiger partial charge in [0.15, 0.2) is 0 Å². The van der Waals surface area contributed by atoms with E-state index in [4.69, 9.17) is 12.6 Å². The van der Waals surface area contributed by atoms with Gasteiger partial charge < -0.3 is 0 Å². The number of fused-ring (bicyclic) bond motifs is 2. The minimum atomic E-state index is 0.460. The molecule has 2 fully saturated rings. The van der Waals surface area contributed by atoms with Crippen molar-refractivity contribution in [1.29, 1.82) is 0 Å². The van der Waals surface area contributed by atoms with Gasteiger partial charge in [-0.2, -0.15) is 12.6 Å². The van der Waals surface area contributed by atoms with E-state index in [1.165, 1.54) is 128 Å². The summed E-state index contributed by atoms with van der Waals surface area (Å²) in [5.41, 5.74) is 0.460. The molecule has 0 saturated heterocycles. The molecule has 2 bridgehead atoms. The topological polar surface area (TPSA) is 0 Å². The monoisotopic (exact) mass is 492 g/mol. The molecule has 2 aliphatic rings. The molecule has 2 rings (SSSR count). The number of rotatable bonds is 1. The second kappa shape index (κ2) is 17.0. The fraction of sp³-hybridized carbons (Fsp3) is 1.00. The van der Waals surface area contributed by atoms with Gasteiger partial charge in [-0.15, -0.1) is 0 Å². The maximum absolute atomic E-state index is 4.90. The van der Waals surface area contributed by atoms with Crippen LogP contribution in [0.5, 0.6) is 0 Å². The molecule has 0 N–H and O–H groups in total. The van der Waals surface area contributed by atoms with Gasteiger partial charge in [0.1, 0.15) is 0 Å². The lowest BCUT2D eigenvalue weighted by Gasteiger charge is -2.35. The van der Waals surface area contributed by atoms with Crippen molar-refractivity contribution in [2.75, 3.05) is 5.75 Å². The van der Waals surface area contributed by atoms with Gasteiger partial charge in [0.05, 0.1) is 0 Å². The van der Waals surface area contributed by atoms with Gasteiger partial charge in [-0.3, -0.25) is 0 Å². The lowest BCUT2D eigenvalue weighted by molar-refractivity contribution is 0.175. The van der Waals surface area contributed by atoms with Crippen molar-refractivity contribution < 1.29 is 0 Å². The molecule has 0 nitrogen and oxygen atoms in total. The first-order valence-electron chi connectivity index (χ1n) is 16.0. The third kappa shape index (κ3) is 10.4. The zero-order valence-corrected chi connectivity index (χ0v) is 25.2. The summed E-state index contributed by atoms with van der Waals surface area (Å²) in [5.74, 6) is 6.52. The molecule has 0 aliphatic heterocycles. The molecule has 0 aromatic carbocycles. The Hall–Kier alpha value is 0.350. The van der Waals surface area contributed by atoms with Gasteiger partial charge in [-0.25, -0.2) is 0 Å². The highest BCUT2D eigenvalue weighted by Gasteiger charge is 2.47. The Kier molecular flexibility index (Phi) is 15.3. The zero-order chi connectivity index (χ0) is 24.8. The molecule has 0 amide bonds. The lowest BCUT2D eigenvalue weighted by Crippen LogP contribution is -2.30. The molecule has 0 radical (unpaired) electrons. The zero-order valence-electron chi connectivity index (χ0n) is 24.3. The van der Waals surface area contributed by atoms with Crippen LogP contribution in [0.25, 0.3) is 0 Å². The number of hydrogen-bond acceptors (Lipinski definition) is 1. The number of thiol groups is 1. The van der Waals surface area contributed by atoms with Gasteiger partial charge in [-0.1, -0.05) is 144 Å². The van der Waals surface area contributed by atoms with E-state index in [2.05, 4.69) is 34.6 Å². The summed E-state index contributed by atoms with van der Waals surface area (Å²) in [4.78, 5) is 0. The van der Waals surface area contributed by atoms with Crippen molar-refractivity contribution in [2.24, 2.45) is 40.9 Å². The minimum Gasteiger partial charge on any atom is -0.179 e. The Bertz CT molecular complexity index is 501. The molecule has 34 heavy (non-hydrogen) atoms. The van der Waals surface area contributed by atoms with E-state index in [9.17, 15) is 0 Å². The fourth-order valence-electron chi connectivity index (χ4n) is 7.46. The average Bonchev–Trinajstić information content (AvgIpc) is 3.07. The van der Waals surface area contributed by atoms with Gasteiger partial charge in [0.2, 0.25) is 0 Å². The van der Waals surface area contributed by atoms with E-state index < -0.39 is 0 Å². The maximum atomic E-state index is 4.90. The summed E-state index contributed by atoms with van der Waals surface area (Å²) in [6.07, 6.45) is 29.3. The van der Waals surface area contributed by atoms with Crippen molar-refractivity contribution >= 4 is 12.6 Å². The van der Waals surface area contributed by atoms with E-state index in [1.54, 1.807) is 0 Å². The largest absolute Gasteiger partial charge is 0.179 e. The normalized spacial score (nSPS) is 39.7. The Morgan fingerprint density at radius 1 is 0.559 bits per heavy atom. The van der Waals surface area contributed by atoms with Crippen LogP contribution in [-0.2, 0) is 0 Å². The van der Waals surface area contributed by atoms with Gasteiger partial charge >= 0.3 is 0 Å². The van der Waals surface area contributed by atoms with Gasteiger partial charge in [0, 0.05) is 0 Å². The van der Waals surface area contributed by atoms with E-state index in [1.807, 2.05) is 0 Å². The average molecular weight is 493 g/mol. The third-order valence-electron chi connectivity index (χ3n) is 10.9. The Balaban J connectivity index is 1.86. The fourth-order valence-corrected chi connectivity index (χ4v) is 8.01. The molecule has 2 aliphatic carbocycles. The second-order valence-electron chi connectivity index (χ2n) is 13.5. The first-order chi connectivity index (χ1) is 16.4. The highest BCUT2D eigenvalue weighted by Crippen LogP contribution is 2.54. The Morgan fingerprint density at radius 3 is 1.53 bits per heavy atom. The molecule has 1 heteroatoms. The second-order valence-corrected chi connectivity index (χ2v) is 13.8. The van der Waals surface area contributed by atoms with Crippen molar-refractivity contribution in [3.8, 4) is 0 Å². The quantitative estimate of drug-likeness (QED) is 0.346.